The molecule has 0 fully saturated rings. The topological polar surface area (TPSA) is 50.4 Å². The molecule has 0 heterocycles. The molecule has 0 saturated heterocycles. The summed E-state index contributed by atoms with van der Waals surface area (Å²) in [5, 5.41) is 7.51. The van der Waals surface area contributed by atoms with Gasteiger partial charge in [0, 0.05) is 10.7 Å². The summed E-state index contributed by atoms with van der Waals surface area (Å²) < 4.78 is 4.95. The van der Waals surface area contributed by atoms with Crippen molar-refractivity contribution in [3.05, 3.63) is 64.7 Å². The molecule has 0 aliphatic heterocycles. The Hall–Kier alpha value is -2.11. The van der Waals surface area contributed by atoms with Gasteiger partial charge >= 0.3 is 5.97 Å². The second-order valence-electron chi connectivity index (χ2n) is 5.17. The number of carbonyl (C=O) groups is 1. The van der Waals surface area contributed by atoms with Crippen LogP contribution in [0.4, 0.5) is 5.69 Å². The van der Waals surface area contributed by atoms with Crippen LogP contribution >= 0.6 is 23.8 Å². The van der Waals surface area contributed by atoms with E-state index in [4.69, 9.17) is 28.6 Å². The van der Waals surface area contributed by atoms with E-state index < -0.39 is 0 Å². The van der Waals surface area contributed by atoms with Gasteiger partial charge in [0.1, 0.15) is 0 Å². The SMILES string of the molecule is CCOC(=O)c1ccc(NC(=S)N[C@H](C)c2ccc(Cl)cc2)cc1. The van der Waals surface area contributed by atoms with Gasteiger partial charge in [0.05, 0.1) is 18.2 Å². The minimum atomic E-state index is -0.332. The minimum Gasteiger partial charge on any atom is -0.462 e. The van der Waals surface area contributed by atoms with E-state index in [0.29, 0.717) is 22.3 Å². The number of esters is 1. The average molecular weight is 363 g/mol. The summed E-state index contributed by atoms with van der Waals surface area (Å²) in [5.74, 6) is -0.332. The number of hydrogen-bond acceptors (Lipinski definition) is 3. The van der Waals surface area contributed by atoms with Gasteiger partial charge in [-0.2, -0.15) is 0 Å². The number of hydrogen-bond donors (Lipinski definition) is 2. The van der Waals surface area contributed by atoms with E-state index in [9.17, 15) is 4.79 Å². The molecule has 0 aromatic heterocycles. The number of ether oxygens (including phenoxy) is 1. The van der Waals surface area contributed by atoms with Crippen LogP contribution in [0.15, 0.2) is 48.5 Å². The molecule has 0 aliphatic carbocycles. The highest BCUT2D eigenvalue weighted by atomic mass is 35.5. The Bertz CT molecular complexity index is 702. The molecule has 1 atom stereocenters. The molecular formula is C18H19ClN2O2S. The molecule has 2 aromatic carbocycles. The highest BCUT2D eigenvalue weighted by Gasteiger charge is 2.08. The van der Waals surface area contributed by atoms with Gasteiger partial charge in [0.15, 0.2) is 5.11 Å². The summed E-state index contributed by atoms with van der Waals surface area (Å²) >= 11 is 11.2. The van der Waals surface area contributed by atoms with Gasteiger partial charge in [-0.25, -0.2) is 4.79 Å². The van der Waals surface area contributed by atoms with Crippen LogP contribution in [0.3, 0.4) is 0 Å². The van der Waals surface area contributed by atoms with Crippen molar-refractivity contribution in [3.8, 4) is 0 Å². The van der Waals surface area contributed by atoms with E-state index in [-0.39, 0.29) is 12.0 Å². The fraction of sp³-hybridized carbons (Fsp3) is 0.222. The average Bonchev–Trinajstić information content (AvgIpc) is 2.56. The Balaban J connectivity index is 1.92. The fourth-order valence-electron chi connectivity index (χ4n) is 2.10. The number of thiocarbonyl (C=S) groups is 1. The van der Waals surface area contributed by atoms with Crippen molar-refractivity contribution >= 4 is 40.6 Å². The van der Waals surface area contributed by atoms with Crippen molar-refractivity contribution in [2.24, 2.45) is 0 Å². The molecule has 0 bridgehead atoms. The summed E-state index contributed by atoms with van der Waals surface area (Å²) in [4.78, 5) is 11.6. The van der Waals surface area contributed by atoms with Gasteiger partial charge in [-0.05, 0) is 68.0 Å². The van der Waals surface area contributed by atoms with Gasteiger partial charge in [0.25, 0.3) is 0 Å². The molecule has 2 N–H and O–H groups in total. The van der Waals surface area contributed by atoms with Crippen LogP contribution in [-0.4, -0.2) is 17.7 Å². The largest absolute Gasteiger partial charge is 0.462 e. The molecule has 0 amide bonds. The zero-order valence-corrected chi connectivity index (χ0v) is 15.1. The highest BCUT2D eigenvalue weighted by Crippen LogP contribution is 2.16. The Morgan fingerprint density at radius 2 is 1.79 bits per heavy atom. The number of halogens is 1. The van der Waals surface area contributed by atoms with Gasteiger partial charge < -0.3 is 15.4 Å². The van der Waals surface area contributed by atoms with Gasteiger partial charge in [-0.15, -0.1) is 0 Å². The minimum absolute atomic E-state index is 0.0427. The lowest BCUT2D eigenvalue weighted by atomic mass is 10.1. The molecule has 2 aromatic rings. The Labute approximate surface area is 152 Å². The predicted molar refractivity (Wildman–Crippen MR) is 102 cm³/mol. The number of nitrogens with one attached hydrogen (secondary N) is 2. The monoisotopic (exact) mass is 362 g/mol. The maximum absolute atomic E-state index is 11.6. The first kappa shape index (κ1) is 18.2. The van der Waals surface area contributed by atoms with E-state index in [1.54, 1.807) is 31.2 Å². The zero-order valence-electron chi connectivity index (χ0n) is 13.5. The van der Waals surface area contributed by atoms with E-state index in [1.807, 2.05) is 31.2 Å². The second kappa shape index (κ2) is 8.66. The standard InChI is InChI=1S/C18H19ClN2O2S/c1-3-23-17(22)14-6-10-16(11-7-14)21-18(24)20-12(2)13-4-8-15(19)9-5-13/h4-12H,3H2,1-2H3,(H2,20,21,24)/t12-/m1/s1. The Morgan fingerprint density at radius 3 is 2.38 bits per heavy atom. The molecule has 126 valence electrons. The first-order chi connectivity index (χ1) is 11.5. The van der Waals surface area contributed by atoms with Crippen LogP contribution in [0.25, 0.3) is 0 Å². The first-order valence-corrected chi connectivity index (χ1v) is 8.38. The lowest BCUT2D eigenvalue weighted by Gasteiger charge is -2.17. The number of anilines is 1. The smallest absolute Gasteiger partial charge is 0.338 e. The van der Waals surface area contributed by atoms with Crippen molar-refractivity contribution in [1.82, 2.24) is 5.32 Å². The molecule has 0 radical (unpaired) electrons. The number of rotatable bonds is 5. The van der Waals surface area contributed by atoms with Crippen LogP contribution in [0.1, 0.15) is 35.8 Å². The maximum atomic E-state index is 11.6. The third kappa shape index (κ3) is 5.22. The number of benzene rings is 2. The van der Waals surface area contributed by atoms with Gasteiger partial charge in [0.2, 0.25) is 0 Å². The maximum Gasteiger partial charge on any atom is 0.338 e. The van der Waals surface area contributed by atoms with Crippen molar-refractivity contribution in [3.63, 3.8) is 0 Å². The van der Waals surface area contributed by atoms with Crippen LogP contribution in [-0.2, 0) is 4.74 Å². The fourth-order valence-corrected chi connectivity index (χ4v) is 2.52. The van der Waals surface area contributed by atoms with E-state index in [2.05, 4.69) is 10.6 Å². The highest BCUT2D eigenvalue weighted by molar-refractivity contribution is 7.80. The summed E-state index contributed by atoms with van der Waals surface area (Å²) in [6.07, 6.45) is 0. The Morgan fingerprint density at radius 1 is 1.17 bits per heavy atom. The van der Waals surface area contributed by atoms with E-state index >= 15 is 0 Å². The third-order valence-electron chi connectivity index (χ3n) is 3.37. The molecule has 0 aliphatic rings. The lowest BCUT2D eigenvalue weighted by molar-refractivity contribution is 0.0526. The van der Waals surface area contributed by atoms with Gasteiger partial charge in [-0.1, -0.05) is 23.7 Å². The molecule has 24 heavy (non-hydrogen) atoms. The third-order valence-corrected chi connectivity index (χ3v) is 3.84. The van der Waals surface area contributed by atoms with E-state index in [1.165, 1.54) is 0 Å². The van der Waals surface area contributed by atoms with Crippen LogP contribution in [0, 0.1) is 0 Å². The lowest BCUT2D eigenvalue weighted by Crippen LogP contribution is -2.30. The number of carbonyl (C=O) groups excluding carboxylic acids is 1. The van der Waals surface area contributed by atoms with E-state index in [0.717, 1.165) is 11.3 Å². The summed E-state index contributed by atoms with van der Waals surface area (Å²) in [6.45, 7) is 4.15. The van der Waals surface area contributed by atoms with Crippen molar-refractivity contribution < 1.29 is 9.53 Å². The molecule has 4 nitrogen and oxygen atoms in total. The molecule has 0 spiro atoms. The quantitative estimate of drug-likeness (QED) is 0.603. The molecule has 6 heteroatoms. The summed E-state index contributed by atoms with van der Waals surface area (Å²) in [5.41, 5.74) is 2.39. The molecule has 0 saturated carbocycles. The normalized spacial score (nSPS) is 11.5. The van der Waals surface area contributed by atoms with Crippen LogP contribution in [0.5, 0.6) is 0 Å². The second-order valence-corrected chi connectivity index (χ2v) is 6.01. The molecule has 0 unspecified atom stereocenters. The van der Waals surface area contributed by atoms with Crippen molar-refractivity contribution in [1.29, 1.82) is 0 Å². The first-order valence-electron chi connectivity index (χ1n) is 7.59. The zero-order chi connectivity index (χ0) is 17.5. The summed E-state index contributed by atoms with van der Waals surface area (Å²) in [6, 6.07) is 14.6. The predicted octanol–water partition coefficient (Wildman–Crippen LogP) is 4.56. The van der Waals surface area contributed by atoms with Crippen molar-refractivity contribution in [2.45, 2.75) is 19.9 Å². The summed E-state index contributed by atoms with van der Waals surface area (Å²) in [7, 11) is 0. The van der Waals surface area contributed by atoms with Crippen LogP contribution < -0.4 is 10.6 Å². The van der Waals surface area contributed by atoms with Crippen molar-refractivity contribution in [2.75, 3.05) is 11.9 Å². The molecular weight excluding hydrogens is 344 g/mol. The van der Waals surface area contributed by atoms with Crippen LogP contribution in [0.2, 0.25) is 5.02 Å². The molecule has 2 rings (SSSR count). The van der Waals surface area contributed by atoms with Gasteiger partial charge in [-0.3, -0.25) is 0 Å². The Kier molecular flexibility index (Phi) is 6.58.